The SMILES string of the molecule is COc1cc(C(=O)c2cc(Cl)ccc2F)c(N)c(OC)c1OC. The lowest BCUT2D eigenvalue weighted by Crippen LogP contribution is -2.10. The summed E-state index contributed by atoms with van der Waals surface area (Å²) < 4.78 is 29.5. The minimum absolute atomic E-state index is 0.0227. The molecule has 0 unspecified atom stereocenters. The predicted octanol–water partition coefficient (Wildman–Crippen LogP) is 3.32. The number of carbonyl (C=O) groups excluding carboxylic acids is 1. The normalized spacial score (nSPS) is 10.3. The molecule has 2 rings (SSSR count). The standard InChI is InChI=1S/C16H15ClFNO4/c1-21-12-7-10(13(19)16(23-3)15(12)22-2)14(20)9-6-8(17)4-5-11(9)18/h4-7H,19H2,1-3H3. The largest absolute Gasteiger partial charge is 0.493 e. The second-order valence-electron chi connectivity index (χ2n) is 4.56. The van der Waals surface area contributed by atoms with Crippen LogP contribution in [0.2, 0.25) is 5.02 Å². The maximum atomic E-state index is 13.9. The molecule has 0 aliphatic rings. The van der Waals surface area contributed by atoms with E-state index in [0.717, 1.165) is 6.07 Å². The van der Waals surface area contributed by atoms with E-state index in [9.17, 15) is 9.18 Å². The number of hydrogen-bond acceptors (Lipinski definition) is 5. The summed E-state index contributed by atoms with van der Waals surface area (Å²) in [6, 6.07) is 5.08. The summed E-state index contributed by atoms with van der Waals surface area (Å²) in [5, 5.41) is 0.237. The van der Waals surface area contributed by atoms with E-state index in [1.54, 1.807) is 0 Å². The lowest BCUT2D eigenvalue weighted by molar-refractivity contribution is 0.103. The summed E-state index contributed by atoms with van der Waals surface area (Å²) in [6.45, 7) is 0. The van der Waals surface area contributed by atoms with Crippen LogP contribution < -0.4 is 19.9 Å². The first-order chi connectivity index (χ1) is 10.9. The van der Waals surface area contributed by atoms with Gasteiger partial charge in [0, 0.05) is 5.02 Å². The number of hydrogen-bond donors (Lipinski definition) is 1. The molecule has 0 aliphatic carbocycles. The molecule has 23 heavy (non-hydrogen) atoms. The third-order valence-corrected chi connectivity index (χ3v) is 3.52. The number of ether oxygens (including phenoxy) is 3. The van der Waals surface area contributed by atoms with Gasteiger partial charge in [-0.05, 0) is 24.3 Å². The van der Waals surface area contributed by atoms with Gasteiger partial charge in [-0.3, -0.25) is 4.79 Å². The number of nitrogens with two attached hydrogens (primary N) is 1. The van der Waals surface area contributed by atoms with Gasteiger partial charge in [-0.15, -0.1) is 0 Å². The summed E-state index contributed by atoms with van der Waals surface area (Å²) in [4.78, 5) is 12.6. The maximum Gasteiger partial charge on any atom is 0.205 e. The first-order valence-electron chi connectivity index (χ1n) is 6.52. The second kappa shape index (κ2) is 6.75. The number of rotatable bonds is 5. The van der Waals surface area contributed by atoms with Crippen molar-refractivity contribution in [2.45, 2.75) is 0 Å². The van der Waals surface area contributed by atoms with Crippen LogP contribution in [0.5, 0.6) is 17.2 Å². The molecule has 0 bridgehead atoms. The minimum Gasteiger partial charge on any atom is -0.493 e. The van der Waals surface area contributed by atoms with Crippen molar-refractivity contribution in [3.05, 3.63) is 46.2 Å². The molecule has 0 radical (unpaired) electrons. The second-order valence-corrected chi connectivity index (χ2v) is 5.00. The van der Waals surface area contributed by atoms with Crippen LogP contribution in [0.1, 0.15) is 15.9 Å². The lowest BCUT2D eigenvalue weighted by atomic mass is 10.00. The highest BCUT2D eigenvalue weighted by Crippen LogP contribution is 2.44. The van der Waals surface area contributed by atoms with E-state index in [-0.39, 0.29) is 39.1 Å². The van der Waals surface area contributed by atoms with E-state index in [0.29, 0.717) is 0 Å². The average Bonchev–Trinajstić information content (AvgIpc) is 2.55. The van der Waals surface area contributed by atoms with Gasteiger partial charge in [0.2, 0.25) is 5.75 Å². The van der Waals surface area contributed by atoms with E-state index in [1.165, 1.54) is 39.5 Å². The Morgan fingerprint density at radius 3 is 2.26 bits per heavy atom. The van der Waals surface area contributed by atoms with E-state index < -0.39 is 11.6 Å². The molecule has 0 amide bonds. The zero-order valence-corrected chi connectivity index (χ0v) is 13.5. The van der Waals surface area contributed by atoms with Gasteiger partial charge in [0.25, 0.3) is 0 Å². The van der Waals surface area contributed by atoms with Gasteiger partial charge in [0.1, 0.15) is 5.82 Å². The molecule has 2 aromatic carbocycles. The molecule has 0 spiro atoms. The van der Waals surface area contributed by atoms with Crippen LogP contribution in [0.25, 0.3) is 0 Å². The third kappa shape index (κ3) is 3.03. The van der Waals surface area contributed by atoms with Crippen LogP contribution in [-0.2, 0) is 0 Å². The van der Waals surface area contributed by atoms with Crippen molar-refractivity contribution < 1.29 is 23.4 Å². The molecule has 122 valence electrons. The minimum atomic E-state index is -0.701. The van der Waals surface area contributed by atoms with Gasteiger partial charge in [-0.25, -0.2) is 4.39 Å². The van der Waals surface area contributed by atoms with E-state index in [2.05, 4.69) is 0 Å². The Labute approximate surface area is 137 Å². The van der Waals surface area contributed by atoms with Gasteiger partial charge >= 0.3 is 0 Å². The number of halogens is 2. The third-order valence-electron chi connectivity index (χ3n) is 3.29. The van der Waals surface area contributed by atoms with Gasteiger partial charge in [0.05, 0.1) is 38.1 Å². The highest BCUT2D eigenvalue weighted by molar-refractivity contribution is 6.31. The highest BCUT2D eigenvalue weighted by Gasteiger charge is 2.24. The van der Waals surface area contributed by atoms with E-state index in [1.807, 2.05) is 0 Å². The quantitative estimate of drug-likeness (QED) is 0.668. The summed E-state index contributed by atoms with van der Waals surface area (Å²) in [7, 11) is 4.20. The highest BCUT2D eigenvalue weighted by atomic mass is 35.5. The number of nitrogen functional groups attached to an aromatic ring is 1. The molecule has 0 saturated carbocycles. The van der Waals surface area contributed by atoms with Crippen LogP contribution >= 0.6 is 11.6 Å². The van der Waals surface area contributed by atoms with Crippen molar-refractivity contribution in [3.63, 3.8) is 0 Å². The Kier molecular flexibility index (Phi) is 4.95. The Morgan fingerprint density at radius 1 is 1.04 bits per heavy atom. The van der Waals surface area contributed by atoms with Crippen LogP contribution in [0.4, 0.5) is 10.1 Å². The molecule has 0 fully saturated rings. The molecule has 0 atom stereocenters. The smallest absolute Gasteiger partial charge is 0.205 e. The van der Waals surface area contributed by atoms with Gasteiger partial charge in [0.15, 0.2) is 17.3 Å². The Morgan fingerprint density at radius 2 is 1.70 bits per heavy atom. The average molecular weight is 340 g/mol. The first-order valence-corrected chi connectivity index (χ1v) is 6.90. The Bertz CT molecular complexity index is 764. The van der Waals surface area contributed by atoms with Crippen molar-refractivity contribution in [1.29, 1.82) is 0 Å². The maximum absolute atomic E-state index is 13.9. The molecule has 0 heterocycles. The fourth-order valence-corrected chi connectivity index (χ4v) is 2.36. The topological polar surface area (TPSA) is 70.8 Å². The van der Waals surface area contributed by atoms with E-state index in [4.69, 9.17) is 31.5 Å². The van der Waals surface area contributed by atoms with Crippen molar-refractivity contribution in [3.8, 4) is 17.2 Å². The summed E-state index contributed by atoms with van der Waals surface area (Å²) in [5.74, 6) is -0.716. The number of methoxy groups -OCH3 is 3. The van der Waals surface area contributed by atoms with Crippen LogP contribution in [-0.4, -0.2) is 27.1 Å². The Balaban J connectivity index is 2.67. The summed E-state index contributed by atoms with van der Waals surface area (Å²) in [6.07, 6.45) is 0. The van der Waals surface area contributed by atoms with Gasteiger partial charge in [-0.1, -0.05) is 11.6 Å². The molecule has 0 aliphatic heterocycles. The van der Waals surface area contributed by atoms with E-state index >= 15 is 0 Å². The van der Waals surface area contributed by atoms with Crippen LogP contribution in [0, 0.1) is 5.82 Å². The van der Waals surface area contributed by atoms with Crippen LogP contribution in [0.3, 0.4) is 0 Å². The molecular formula is C16H15ClFNO4. The number of anilines is 1. The lowest BCUT2D eigenvalue weighted by Gasteiger charge is -2.17. The molecule has 2 aromatic rings. The fraction of sp³-hybridized carbons (Fsp3) is 0.188. The number of carbonyl (C=O) groups is 1. The summed E-state index contributed by atoms with van der Waals surface area (Å²) in [5.41, 5.74) is 5.84. The molecule has 7 heteroatoms. The zero-order chi connectivity index (χ0) is 17.1. The number of benzene rings is 2. The fourth-order valence-electron chi connectivity index (χ4n) is 2.18. The Hall–Kier alpha value is -2.47. The first kappa shape index (κ1) is 16.9. The summed E-state index contributed by atoms with van der Waals surface area (Å²) >= 11 is 5.83. The molecule has 2 N–H and O–H groups in total. The molecule has 0 saturated heterocycles. The molecule has 0 aromatic heterocycles. The molecule has 5 nitrogen and oxygen atoms in total. The molecular weight excluding hydrogens is 325 g/mol. The van der Waals surface area contributed by atoms with Gasteiger partial charge < -0.3 is 19.9 Å². The van der Waals surface area contributed by atoms with Crippen molar-refractivity contribution in [2.24, 2.45) is 0 Å². The van der Waals surface area contributed by atoms with Crippen molar-refractivity contribution in [1.82, 2.24) is 0 Å². The monoisotopic (exact) mass is 339 g/mol. The van der Waals surface area contributed by atoms with Crippen molar-refractivity contribution >= 4 is 23.1 Å². The predicted molar refractivity (Wildman–Crippen MR) is 85.4 cm³/mol. The van der Waals surface area contributed by atoms with Crippen molar-refractivity contribution in [2.75, 3.05) is 27.1 Å². The van der Waals surface area contributed by atoms with Gasteiger partial charge in [-0.2, -0.15) is 0 Å². The number of ketones is 1. The van der Waals surface area contributed by atoms with Crippen LogP contribution in [0.15, 0.2) is 24.3 Å². The zero-order valence-electron chi connectivity index (χ0n) is 12.8.